The number of para-hydroxylation sites is 1. The molecule has 0 aliphatic carbocycles. The highest BCUT2D eigenvalue weighted by molar-refractivity contribution is 7.99. The molecule has 0 saturated heterocycles. The number of ether oxygens (including phenoxy) is 2. The molecule has 0 amide bonds. The maximum Gasteiger partial charge on any atom is 0.338 e. The van der Waals surface area contributed by atoms with E-state index < -0.39 is 11.9 Å². The normalized spacial score (nSPS) is 10.9. The number of Topliss-reactive ketones (excluding diaryl/α,β-unsaturated/α-hetero) is 1. The summed E-state index contributed by atoms with van der Waals surface area (Å²) < 4.78 is 10.8. The molecular formula is C26H23NO6S. The number of carbonyl (C=O) groups is 3. The van der Waals surface area contributed by atoms with Gasteiger partial charge in [0.2, 0.25) is 5.78 Å². The van der Waals surface area contributed by atoms with Crippen molar-refractivity contribution in [3.05, 3.63) is 90.0 Å². The minimum Gasteiger partial charge on any atom is -0.490 e. The zero-order chi connectivity index (χ0) is 24.3. The molecule has 3 rings (SSSR count). The smallest absolute Gasteiger partial charge is 0.338 e. The van der Waals surface area contributed by atoms with E-state index in [1.807, 2.05) is 54.6 Å². The fraction of sp³-hybridized carbons (Fsp3) is 0.154. The second-order valence-electron chi connectivity index (χ2n) is 7.04. The molecule has 34 heavy (non-hydrogen) atoms. The maximum atomic E-state index is 12.3. The lowest BCUT2D eigenvalue weighted by Crippen LogP contribution is -2.12. The molecule has 0 aromatic heterocycles. The molecule has 0 unspecified atom stereocenters. The van der Waals surface area contributed by atoms with Gasteiger partial charge in [-0.3, -0.25) is 4.79 Å². The number of rotatable bonds is 10. The van der Waals surface area contributed by atoms with Gasteiger partial charge in [-0.05, 0) is 67.6 Å². The van der Waals surface area contributed by atoms with Crippen LogP contribution in [0.3, 0.4) is 0 Å². The summed E-state index contributed by atoms with van der Waals surface area (Å²) in [6.07, 6.45) is 0. The molecule has 0 aliphatic rings. The van der Waals surface area contributed by atoms with Gasteiger partial charge >= 0.3 is 11.9 Å². The zero-order valence-corrected chi connectivity index (χ0v) is 19.5. The van der Waals surface area contributed by atoms with Crippen LogP contribution in [0.4, 0.5) is 0 Å². The van der Waals surface area contributed by atoms with E-state index in [2.05, 4.69) is 9.99 Å². The summed E-state index contributed by atoms with van der Waals surface area (Å²) in [7, 11) is 0. The van der Waals surface area contributed by atoms with E-state index in [0.29, 0.717) is 11.1 Å². The van der Waals surface area contributed by atoms with Gasteiger partial charge < -0.3 is 14.3 Å². The Bertz CT molecular complexity index is 1160. The summed E-state index contributed by atoms with van der Waals surface area (Å²) in [6, 6.07) is 23.4. The monoisotopic (exact) mass is 477 g/mol. The van der Waals surface area contributed by atoms with Crippen LogP contribution in [0.15, 0.2) is 93.8 Å². The number of hydrogen-bond acceptors (Lipinski definition) is 8. The molecule has 3 aromatic carbocycles. The topological polar surface area (TPSA) is 91.3 Å². The van der Waals surface area contributed by atoms with E-state index in [-0.39, 0.29) is 24.7 Å². The van der Waals surface area contributed by atoms with Crippen molar-refractivity contribution in [1.29, 1.82) is 0 Å². The number of hydrogen-bond donors (Lipinski definition) is 0. The molecule has 0 heterocycles. The van der Waals surface area contributed by atoms with Gasteiger partial charge in [-0.25, -0.2) is 9.59 Å². The minimum atomic E-state index is -0.588. The fourth-order valence-electron chi connectivity index (χ4n) is 2.75. The summed E-state index contributed by atoms with van der Waals surface area (Å²) in [4.78, 5) is 41.7. The second kappa shape index (κ2) is 12.4. The van der Waals surface area contributed by atoms with Crippen LogP contribution in [0.25, 0.3) is 0 Å². The van der Waals surface area contributed by atoms with Gasteiger partial charge in [0.1, 0.15) is 24.7 Å². The first kappa shape index (κ1) is 24.7. The van der Waals surface area contributed by atoms with Gasteiger partial charge in [0.25, 0.3) is 0 Å². The summed E-state index contributed by atoms with van der Waals surface area (Å²) in [5, 5.41) is 3.52. The van der Waals surface area contributed by atoms with Gasteiger partial charge in [-0.1, -0.05) is 35.1 Å². The first-order chi connectivity index (χ1) is 16.4. The number of nitrogens with zero attached hydrogens (tertiary/aromatic N) is 1. The van der Waals surface area contributed by atoms with Gasteiger partial charge in [-0.15, -0.1) is 0 Å². The van der Waals surface area contributed by atoms with E-state index >= 15 is 0 Å². The maximum absolute atomic E-state index is 12.3. The molecule has 0 bridgehead atoms. The van der Waals surface area contributed by atoms with E-state index in [0.717, 1.165) is 15.5 Å². The highest BCUT2D eigenvalue weighted by Crippen LogP contribution is 2.28. The summed E-state index contributed by atoms with van der Waals surface area (Å²) >= 11 is 1.49. The molecule has 0 radical (unpaired) electrons. The van der Waals surface area contributed by atoms with Crippen molar-refractivity contribution >= 4 is 35.2 Å². The zero-order valence-electron chi connectivity index (χ0n) is 18.7. The predicted octanol–water partition coefficient (Wildman–Crippen LogP) is 5.20. The van der Waals surface area contributed by atoms with Crippen molar-refractivity contribution in [3.8, 4) is 5.75 Å². The first-order valence-electron chi connectivity index (χ1n) is 10.4. The molecule has 0 saturated carbocycles. The number of oxime groups is 1. The quantitative estimate of drug-likeness (QED) is 0.0990. The lowest BCUT2D eigenvalue weighted by molar-refractivity contribution is -0.140. The molecule has 174 valence electrons. The van der Waals surface area contributed by atoms with Crippen molar-refractivity contribution in [2.75, 3.05) is 13.2 Å². The van der Waals surface area contributed by atoms with Gasteiger partial charge in [0.05, 0.1) is 5.56 Å². The Morgan fingerprint density at radius 1 is 0.765 bits per heavy atom. The van der Waals surface area contributed by atoms with Crippen LogP contribution < -0.4 is 4.74 Å². The Balaban J connectivity index is 1.49. The Kier molecular flexibility index (Phi) is 8.99. The van der Waals surface area contributed by atoms with Crippen LogP contribution in [0.5, 0.6) is 5.75 Å². The lowest BCUT2D eigenvalue weighted by Gasteiger charge is -2.08. The third-order valence-electron chi connectivity index (χ3n) is 4.41. The van der Waals surface area contributed by atoms with E-state index in [9.17, 15) is 14.4 Å². The van der Waals surface area contributed by atoms with Crippen molar-refractivity contribution in [3.63, 3.8) is 0 Å². The Labute approximate surface area is 201 Å². The minimum absolute atomic E-state index is 0.0877. The lowest BCUT2D eigenvalue weighted by atomic mass is 10.1. The highest BCUT2D eigenvalue weighted by Gasteiger charge is 2.12. The van der Waals surface area contributed by atoms with Crippen molar-refractivity contribution in [1.82, 2.24) is 0 Å². The van der Waals surface area contributed by atoms with Gasteiger partial charge in [0.15, 0.2) is 0 Å². The molecule has 0 aliphatic heterocycles. The summed E-state index contributed by atoms with van der Waals surface area (Å²) in [5.41, 5.74) is 0.976. The standard InChI is InChI=1S/C26H23NO6S/c1-18(27-33-19(2)28)25(29)20-8-12-23(13-9-20)34-24-14-10-21(11-15-24)26(30)32-17-16-31-22-6-4-3-5-7-22/h3-15H,16-17H2,1-2H3. The second-order valence-corrected chi connectivity index (χ2v) is 8.18. The van der Waals surface area contributed by atoms with E-state index in [1.165, 1.54) is 25.6 Å². The SMILES string of the molecule is CC(=O)ON=C(C)C(=O)c1ccc(Sc2ccc(C(=O)OCCOc3ccccc3)cc2)cc1. The molecule has 7 nitrogen and oxygen atoms in total. The molecule has 0 atom stereocenters. The molecule has 0 N–H and O–H groups in total. The fourth-order valence-corrected chi connectivity index (χ4v) is 3.56. The molecule has 3 aromatic rings. The summed E-state index contributed by atoms with van der Waals surface area (Å²) in [6.45, 7) is 3.12. The van der Waals surface area contributed by atoms with Crippen LogP contribution in [0, 0.1) is 0 Å². The van der Waals surface area contributed by atoms with Crippen LogP contribution in [-0.4, -0.2) is 36.6 Å². The average molecular weight is 478 g/mol. The van der Waals surface area contributed by atoms with Crippen LogP contribution in [-0.2, 0) is 14.4 Å². The van der Waals surface area contributed by atoms with Crippen molar-refractivity contribution in [2.45, 2.75) is 23.6 Å². The van der Waals surface area contributed by atoms with Crippen LogP contribution >= 0.6 is 11.8 Å². The van der Waals surface area contributed by atoms with Crippen LogP contribution in [0.1, 0.15) is 34.6 Å². The van der Waals surface area contributed by atoms with Crippen molar-refractivity contribution < 1.29 is 28.7 Å². The van der Waals surface area contributed by atoms with Crippen molar-refractivity contribution in [2.24, 2.45) is 5.16 Å². The predicted molar refractivity (Wildman–Crippen MR) is 128 cm³/mol. The molecule has 0 spiro atoms. The number of esters is 1. The average Bonchev–Trinajstić information content (AvgIpc) is 2.86. The number of ketones is 1. The molecule has 0 fully saturated rings. The van der Waals surface area contributed by atoms with E-state index in [1.54, 1.807) is 24.3 Å². The Morgan fingerprint density at radius 3 is 1.94 bits per heavy atom. The number of carbonyl (C=O) groups excluding carboxylic acids is 3. The Hall–Kier alpha value is -3.91. The summed E-state index contributed by atoms with van der Waals surface area (Å²) in [5.74, 6) is -0.602. The number of benzene rings is 3. The molecule has 8 heteroatoms. The molecular weight excluding hydrogens is 454 g/mol. The first-order valence-corrected chi connectivity index (χ1v) is 11.2. The highest BCUT2D eigenvalue weighted by atomic mass is 32.2. The van der Waals surface area contributed by atoms with Crippen LogP contribution in [0.2, 0.25) is 0 Å². The third-order valence-corrected chi connectivity index (χ3v) is 5.43. The van der Waals surface area contributed by atoms with Gasteiger partial charge in [-0.2, -0.15) is 0 Å². The van der Waals surface area contributed by atoms with Gasteiger partial charge in [0, 0.05) is 22.3 Å². The Morgan fingerprint density at radius 2 is 1.35 bits per heavy atom. The third kappa shape index (κ3) is 7.60. The largest absolute Gasteiger partial charge is 0.490 e. The van der Waals surface area contributed by atoms with E-state index in [4.69, 9.17) is 9.47 Å².